The standard InChI is InChI=1S/C9H18N2O2/c1-8(2)6-11(3)5-4-9(8,10)7(12)13/h4-6,10H2,1-3H3,(H,12,13). The monoisotopic (exact) mass is 186 g/mol. The van der Waals surface area contributed by atoms with Gasteiger partial charge in [-0.05, 0) is 13.5 Å². The molecule has 0 amide bonds. The molecule has 1 saturated heterocycles. The molecule has 0 aliphatic carbocycles. The zero-order valence-corrected chi connectivity index (χ0v) is 8.50. The summed E-state index contributed by atoms with van der Waals surface area (Å²) in [7, 11) is 1.99. The lowest BCUT2D eigenvalue weighted by atomic mass is 9.68. The van der Waals surface area contributed by atoms with Crippen LogP contribution in [0.1, 0.15) is 20.3 Å². The highest BCUT2D eigenvalue weighted by atomic mass is 16.4. The molecule has 1 unspecified atom stereocenters. The van der Waals surface area contributed by atoms with Crippen molar-refractivity contribution < 1.29 is 9.90 Å². The van der Waals surface area contributed by atoms with Crippen LogP contribution in [0.25, 0.3) is 0 Å². The van der Waals surface area contributed by atoms with Crippen molar-refractivity contribution in [1.82, 2.24) is 4.90 Å². The summed E-state index contributed by atoms with van der Waals surface area (Å²) >= 11 is 0. The molecule has 3 N–H and O–H groups in total. The van der Waals surface area contributed by atoms with Gasteiger partial charge in [0.15, 0.2) is 0 Å². The van der Waals surface area contributed by atoms with Crippen LogP contribution in [0.3, 0.4) is 0 Å². The number of aliphatic carboxylic acids is 1. The van der Waals surface area contributed by atoms with E-state index < -0.39 is 11.5 Å². The predicted octanol–water partition coefficient (Wildman–Crippen LogP) is 0.130. The second kappa shape index (κ2) is 2.96. The van der Waals surface area contributed by atoms with Gasteiger partial charge in [-0.1, -0.05) is 13.8 Å². The highest BCUT2D eigenvalue weighted by Gasteiger charge is 2.50. The van der Waals surface area contributed by atoms with Gasteiger partial charge in [-0.25, -0.2) is 0 Å². The first-order valence-corrected chi connectivity index (χ1v) is 4.50. The molecule has 76 valence electrons. The molecule has 4 heteroatoms. The van der Waals surface area contributed by atoms with E-state index in [4.69, 9.17) is 10.8 Å². The van der Waals surface area contributed by atoms with Crippen molar-refractivity contribution in [3.05, 3.63) is 0 Å². The number of hydrogen-bond acceptors (Lipinski definition) is 3. The third-order valence-electron chi connectivity index (χ3n) is 3.14. The summed E-state index contributed by atoms with van der Waals surface area (Å²) in [6, 6.07) is 0. The van der Waals surface area contributed by atoms with Gasteiger partial charge in [-0.2, -0.15) is 0 Å². The highest BCUT2D eigenvalue weighted by Crippen LogP contribution is 2.36. The molecule has 1 heterocycles. The van der Waals surface area contributed by atoms with Crippen molar-refractivity contribution in [2.45, 2.75) is 25.8 Å². The molecule has 0 spiro atoms. The zero-order chi connectivity index (χ0) is 10.3. The van der Waals surface area contributed by atoms with Crippen LogP contribution < -0.4 is 5.73 Å². The van der Waals surface area contributed by atoms with Gasteiger partial charge < -0.3 is 15.7 Å². The maximum absolute atomic E-state index is 11.1. The SMILES string of the molecule is CN1CCC(N)(C(=O)O)C(C)(C)C1. The maximum Gasteiger partial charge on any atom is 0.324 e. The van der Waals surface area contributed by atoms with Gasteiger partial charge in [0.2, 0.25) is 0 Å². The molecule has 1 rings (SSSR count). The summed E-state index contributed by atoms with van der Waals surface area (Å²) in [5, 5.41) is 9.08. The molecule has 0 bridgehead atoms. The summed E-state index contributed by atoms with van der Waals surface area (Å²) in [5.41, 5.74) is 4.48. The predicted molar refractivity (Wildman–Crippen MR) is 50.4 cm³/mol. The lowest BCUT2D eigenvalue weighted by molar-refractivity contribution is -0.151. The topological polar surface area (TPSA) is 66.6 Å². The number of carboxylic acids is 1. The molecule has 1 fully saturated rings. The normalized spacial score (nSPS) is 34.5. The quantitative estimate of drug-likeness (QED) is 0.611. The number of nitrogens with zero attached hydrogens (tertiary/aromatic N) is 1. The van der Waals surface area contributed by atoms with E-state index in [9.17, 15) is 4.79 Å². The fourth-order valence-electron chi connectivity index (χ4n) is 2.00. The number of carbonyl (C=O) groups is 1. The molecule has 0 aromatic rings. The number of hydrogen-bond donors (Lipinski definition) is 2. The van der Waals surface area contributed by atoms with Gasteiger partial charge in [-0.15, -0.1) is 0 Å². The Morgan fingerprint density at radius 1 is 1.54 bits per heavy atom. The summed E-state index contributed by atoms with van der Waals surface area (Å²) in [6.07, 6.45) is 0.520. The highest BCUT2D eigenvalue weighted by molar-refractivity contribution is 5.80. The largest absolute Gasteiger partial charge is 0.480 e. The minimum absolute atomic E-state index is 0.369. The number of nitrogens with two attached hydrogens (primary N) is 1. The molecule has 0 aromatic heterocycles. The van der Waals surface area contributed by atoms with E-state index in [2.05, 4.69) is 4.90 Å². The van der Waals surface area contributed by atoms with Crippen LogP contribution >= 0.6 is 0 Å². The molecule has 1 aliphatic heterocycles. The van der Waals surface area contributed by atoms with Crippen molar-refractivity contribution in [1.29, 1.82) is 0 Å². The molecular formula is C9H18N2O2. The van der Waals surface area contributed by atoms with Crippen LogP contribution in [0, 0.1) is 5.41 Å². The molecule has 0 aromatic carbocycles. The fraction of sp³-hybridized carbons (Fsp3) is 0.889. The van der Waals surface area contributed by atoms with Crippen LogP contribution in [0.4, 0.5) is 0 Å². The van der Waals surface area contributed by atoms with Gasteiger partial charge in [0.05, 0.1) is 0 Å². The Morgan fingerprint density at radius 2 is 2.08 bits per heavy atom. The first-order chi connectivity index (χ1) is 5.79. The van der Waals surface area contributed by atoms with E-state index in [0.717, 1.165) is 13.1 Å². The second-order valence-electron chi connectivity index (χ2n) is 4.65. The summed E-state index contributed by atoms with van der Waals surface area (Å²) in [4.78, 5) is 13.2. The van der Waals surface area contributed by atoms with Crippen molar-refractivity contribution in [2.75, 3.05) is 20.1 Å². The summed E-state index contributed by atoms with van der Waals surface area (Å²) in [5.74, 6) is -0.884. The summed E-state index contributed by atoms with van der Waals surface area (Å²) in [6.45, 7) is 5.32. The number of carboxylic acid groups (broad SMARTS) is 1. The minimum Gasteiger partial charge on any atom is -0.480 e. The van der Waals surface area contributed by atoms with Gasteiger partial charge in [0, 0.05) is 18.5 Å². The van der Waals surface area contributed by atoms with E-state index >= 15 is 0 Å². The Hall–Kier alpha value is -0.610. The second-order valence-corrected chi connectivity index (χ2v) is 4.65. The van der Waals surface area contributed by atoms with Crippen molar-refractivity contribution in [3.63, 3.8) is 0 Å². The molecule has 0 saturated carbocycles. The van der Waals surface area contributed by atoms with E-state index in [-0.39, 0.29) is 5.41 Å². The van der Waals surface area contributed by atoms with E-state index in [1.165, 1.54) is 0 Å². The number of likely N-dealkylation sites (tertiary alicyclic amines) is 1. The molecule has 4 nitrogen and oxygen atoms in total. The fourth-order valence-corrected chi connectivity index (χ4v) is 2.00. The maximum atomic E-state index is 11.1. The van der Waals surface area contributed by atoms with Crippen LogP contribution in [-0.2, 0) is 4.79 Å². The van der Waals surface area contributed by atoms with Crippen LogP contribution in [-0.4, -0.2) is 41.7 Å². The minimum atomic E-state index is -1.07. The molecule has 0 radical (unpaired) electrons. The third-order valence-corrected chi connectivity index (χ3v) is 3.14. The first-order valence-electron chi connectivity index (χ1n) is 4.50. The average Bonchev–Trinajstić information content (AvgIpc) is 1.96. The Kier molecular flexibility index (Phi) is 2.38. The first kappa shape index (κ1) is 10.5. The van der Waals surface area contributed by atoms with Crippen molar-refractivity contribution in [2.24, 2.45) is 11.1 Å². The van der Waals surface area contributed by atoms with Gasteiger partial charge >= 0.3 is 5.97 Å². The molecular weight excluding hydrogens is 168 g/mol. The van der Waals surface area contributed by atoms with Crippen LogP contribution in [0.15, 0.2) is 0 Å². The van der Waals surface area contributed by atoms with E-state index in [1.54, 1.807) is 0 Å². The zero-order valence-electron chi connectivity index (χ0n) is 8.50. The lowest BCUT2D eigenvalue weighted by Crippen LogP contribution is -2.66. The Bertz CT molecular complexity index is 228. The van der Waals surface area contributed by atoms with Crippen molar-refractivity contribution >= 4 is 5.97 Å². The van der Waals surface area contributed by atoms with Crippen LogP contribution in [0.5, 0.6) is 0 Å². The Labute approximate surface area is 78.7 Å². The van der Waals surface area contributed by atoms with Crippen LogP contribution in [0.2, 0.25) is 0 Å². The number of rotatable bonds is 1. The summed E-state index contributed by atoms with van der Waals surface area (Å²) < 4.78 is 0. The lowest BCUT2D eigenvalue weighted by Gasteiger charge is -2.47. The van der Waals surface area contributed by atoms with Gasteiger partial charge in [-0.3, -0.25) is 4.79 Å². The number of piperidine rings is 1. The van der Waals surface area contributed by atoms with Gasteiger partial charge in [0.25, 0.3) is 0 Å². The van der Waals surface area contributed by atoms with E-state index in [0.29, 0.717) is 6.42 Å². The van der Waals surface area contributed by atoms with Crippen molar-refractivity contribution in [3.8, 4) is 0 Å². The van der Waals surface area contributed by atoms with Gasteiger partial charge in [0.1, 0.15) is 5.54 Å². The third kappa shape index (κ3) is 1.56. The van der Waals surface area contributed by atoms with E-state index in [1.807, 2.05) is 20.9 Å². The smallest absolute Gasteiger partial charge is 0.324 e. The Morgan fingerprint density at radius 3 is 2.46 bits per heavy atom. The molecule has 13 heavy (non-hydrogen) atoms. The molecule has 1 atom stereocenters. The average molecular weight is 186 g/mol. The molecule has 1 aliphatic rings. The Balaban J connectivity index is 2.92.